The molecule has 2 heterocycles. The molecule has 1 aliphatic carbocycles. The number of carbonyl (C=O) groups is 1. The van der Waals surface area contributed by atoms with Crippen molar-refractivity contribution in [2.24, 2.45) is 17.6 Å². The fourth-order valence-corrected chi connectivity index (χ4v) is 7.05. The van der Waals surface area contributed by atoms with E-state index < -0.39 is 19.8 Å². The van der Waals surface area contributed by atoms with Crippen LogP contribution in [0.2, 0.25) is 19.6 Å². The summed E-state index contributed by atoms with van der Waals surface area (Å²) in [7, 11) is 0.0237. The predicted octanol–water partition coefficient (Wildman–Crippen LogP) is 3.32. The Balaban J connectivity index is 1.65. The van der Waals surface area contributed by atoms with Crippen LogP contribution in [0.15, 0.2) is 28.7 Å². The van der Waals surface area contributed by atoms with E-state index in [2.05, 4.69) is 31.8 Å². The highest BCUT2D eigenvalue weighted by atomic mass is 28.3. The number of aliphatic hydroxyl groups is 2. The Morgan fingerprint density at radius 2 is 2.06 bits per heavy atom. The van der Waals surface area contributed by atoms with Gasteiger partial charge in [0.05, 0.1) is 17.1 Å². The van der Waals surface area contributed by atoms with Crippen LogP contribution in [0.25, 0.3) is 11.0 Å². The maximum Gasteiger partial charge on any atom is 0.225 e. The van der Waals surface area contributed by atoms with Crippen molar-refractivity contribution in [1.29, 1.82) is 0 Å². The van der Waals surface area contributed by atoms with Gasteiger partial charge in [-0.1, -0.05) is 37.8 Å². The topological polar surface area (TPSA) is 109 Å². The Morgan fingerprint density at radius 3 is 2.72 bits per heavy atom. The predicted molar refractivity (Wildman–Crippen MR) is 145 cm³/mol. The quantitative estimate of drug-likeness (QED) is 0.348. The molecule has 1 aromatic heterocycles. The number of hydrogen-bond donors (Lipinski definition) is 3. The molecular formula is C28H44N2O5Si. The molecule has 0 radical (unpaired) electrons. The summed E-state index contributed by atoms with van der Waals surface area (Å²) in [5, 5.41) is 24.6. The summed E-state index contributed by atoms with van der Waals surface area (Å²) < 4.78 is 11.7. The fourth-order valence-electron chi connectivity index (χ4n) is 6.05. The SMILES string of the molecule is COCCCC[C@@](O)(c1cccc2cc([Si](C)(C)C)oc12)C1CCCN(C(=O)[C@H]2C[C@@H](N)[C@@H](O)C2)C1. The normalized spacial score (nSPS) is 26.9. The Bertz CT molecular complexity index is 1040. The number of amides is 1. The molecule has 2 aliphatic rings. The number of nitrogens with zero attached hydrogens (tertiary/aromatic N) is 1. The van der Waals surface area contributed by atoms with Gasteiger partial charge in [-0.05, 0) is 51.0 Å². The molecular weight excluding hydrogens is 472 g/mol. The molecule has 200 valence electrons. The maximum atomic E-state index is 13.4. The molecule has 1 aliphatic heterocycles. The summed E-state index contributed by atoms with van der Waals surface area (Å²) in [5.41, 5.74) is 6.48. The molecule has 4 rings (SSSR count). The number of nitrogens with two attached hydrogens (primary N) is 1. The molecule has 0 bridgehead atoms. The molecule has 5 atom stereocenters. The maximum absolute atomic E-state index is 13.4. The smallest absolute Gasteiger partial charge is 0.225 e. The van der Waals surface area contributed by atoms with Crippen molar-refractivity contribution >= 4 is 30.3 Å². The first-order valence-electron chi connectivity index (χ1n) is 13.5. The summed E-state index contributed by atoms with van der Waals surface area (Å²) in [5.74, 6) is -0.286. The highest BCUT2D eigenvalue weighted by Crippen LogP contribution is 2.43. The molecule has 0 spiro atoms. The van der Waals surface area contributed by atoms with E-state index in [-0.39, 0.29) is 23.8 Å². The number of rotatable bonds is 9. The summed E-state index contributed by atoms with van der Waals surface area (Å²) in [6.45, 7) is 8.62. The fraction of sp³-hybridized carbons (Fsp3) is 0.679. The van der Waals surface area contributed by atoms with Gasteiger partial charge in [-0.3, -0.25) is 4.79 Å². The van der Waals surface area contributed by atoms with Crippen LogP contribution in [0.1, 0.15) is 50.5 Å². The average Bonchev–Trinajstić information content (AvgIpc) is 3.44. The molecule has 1 saturated carbocycles. The summed E-state index contributed by atoms with van der Waals surface area (Å²) >= 11 is 0. The summed E-state index contributed by atoms with van der Waals surface area (Å²) in [4.78, 5) is 15.3. The first-order chi connectivity index (χ1) is 17.0. The zero-order chi connectivity index (χ0) is 26.1. The average molecular weight is 517 g/mol. The lowest BCUT2D eigenvalue weighted by Gasteiger charge is -2.43. The van der Waals surface area contributed by atoms with Gasteiger partial charge in [0, 0.05) is 55.6 Å². The van der Waals surface area contributed by atoms with Crippen LogP contribution in [0.4, 0.5) is 0 Å². The van der Waals surface area contributed by atoms with Crippen LogP contribution in [0.5, 0.6) is 0 Å². The van der Waals surface area contributed by atoms with Gasteiger partial charge in [0.15, 0.2) is 0 Å². The van der Waals surface area contributed by atoms with E-state index in [1.165, 1.54) is 0 Å². The lowest BCUT2D eigenvalue weighted by atomic mass is 9.73. The molecule has 1 saturated heterocycles. The summed E-state index contributed by atoms with van der Waals surface area (Å²) in [6.07, 6.45) is 4.27. The van der Waals surface area contributed by atoms with E-state index in [0.29, 0.717) is 39.0 Å². The second kappa shape index (κ2) is 11.0. The lowest BCUT2D eigenvalue weighted by Crippen LogP contribution is -2.49. The third kappa shape index (κ3) is 5.58. The van der Waals surface area contributed by atoms with Gasteiger partial charge < -0.3 is 30.0 Å². The summed E-state index contributed by atoms with van der Waals surface area (Å²) in [6, 6.07) is 7.87. The third-order valence-electron chi connectivity index (χ3n) is 8.24. The minimum Gasteiger partial charge on any atom is -0.466 e. The number of piperidine rings is 1. The van der Waals surface area contributed by atoms with E-state index in [1.807, 2.05) is 17.0 Å². The number of furan rings is 1. The standard InChI is InChI=1S/C28H44N2O5Si/c1-34-14-6-5-12-28(33,22-11-7-9-19-17-25(35-26(19)22)36(2,3)4)21-10-8-13-30(18-21)27(32)20-15-23(29)24(31)16-20/h7,9,11,17,20-21,23-24,31,33H,5-6,8,10,12-16,18,29H2,1-4H3/t20-,21?,23+,24-,28-/m0/s1. The van der Waals surface area contributed by atoms with Crippen LogP contribution in [0, 0.1) is 11.8 Å². The van der Waals surface area contributed by atoms with Crippen molar-refractivity contribution in [3.8, 4) is 0 Å². The number of unbranched alkanes of at least 4 members (excludes halogenated alkanes) is 1. The number of benzene rings is 1. The van der Waals surface area contributed by atoms with E-state index >= 15 is 0 Å². The van der Waals surface area contributed by atoms with Gasteiger partial charge in [-0.25, -0.2) is 0 Å². The number of carbonyl (C=O) groups excluding carboxylic acids is 1. The van der Waals surface area contributed by atoms with Crippen molar-refractivity contribution in [3.05, 3.63) is 29.8 Å². The number of fused-ring (bicyclic) bond motifs is 1. The van der Waals surface area contributed by atoms with Crippen LogP contribution < -0.4 is 11.1 Å². The van der Waals surface area contributed by atoms with Crippen molar-refractivity contribution in [3.63, 3.8) is 0 Å². The van der Waals surface area contributed by atoms with Gasteiger partial charge in [-0.15, -0.1) is 0 Å². The highest BCUT2D eigenvalue weighted by molar-refractivity contribution is 6.87. The molecule has 2 fully saturated rings. The number of ether oxygens (including phenoxy) is 1. The van der Waals surface area contributed by atoms with Crippen LogP contribution in [0.3, 0.4) is 0 Å². The van der Waals surface area contributed by atoms with Gasteiger partial charge >= 0.3 is 0 Å². The van der Waals surface area contributed by atoms with E-state index in [1.54, 1.807) is 7.11 Å². The molecule has 36 heavy (non-hydrogen) atoms. The molecule has 1 amide bonds. The number of aliphatic hydroxyl groups excluding tert-OH is 1. The Morgan fingerprint density at radius 1 is 1.28 bits per heavy atom. The van der Waals surface area contributed by atoms with Crippen molar-refractivity contribution < 1.29 is 24.2 Å². The van der Waals surface area contributed by atoms with Crippen molar-refractivity contribution in [1.82, 2.24) is 4.90 Å². The minimum atomic E-state index is -1.67. The number of likely N-dealkylation sites (tertiary alicyclic amines) is 1. The molecule has 7 nitrogen and oxygen atoms in total. The van der Waals surface area contributed by atoms with Crippen molar-refractivity contribution in [2.45, 2.75) is 82.3 Å². The second-order valence-electron chi connectivity index (χ2n) is 12.0. The van der Waals surface area contributed by atoms with Crippen LogP contribution in [-0.2, 0) is 15.1 Å². The molecule has 1 aromatic carbocycles. The minimum absolute atomic E-state index is 0.0608. The van der Waals surface area contributed by atoms with Crippen LogP contribution in [-0.4, -0.2) is 68.0 Å². The Labute approximate surface area is 216 Å². The zero-order valence-electron chi connectivity index (χ0n) is 22.3. The molecule has 2 aromatic rings. The first-order valence-corrected chi connectivity index (χ1v) is 17.0. The number of para-hydroxylation sites is 1. The number of hydrogen-bond acceptors (Lipinski definition) is 6. The van der Waals surface area contributed by atoms with E-state index in [0.717, 1.165) is 47.6 Å². The monoisotopic (exact) mass is 516 g/mol. The zero-order valence-corrected chi connectivity index (χ0v) is 23.3. The largest absolute Gasteiger partial charge is 0.466 e. The van der Waals surface area contributed by atoms with Gasteiger partial charge in [-0.2, -0.15) is 0 Å². The van der Waals surface area contributed by atoms with Crippen LogP contribution >= 0.6 is 0 Å². The molecule has 8 heteroatoms. The van der Waals surface area contributed by atoms with E-state index in [9.17, 15) is 15.0 Å². The molecule has 4 N–H and O–H groups in total. The Kier molecular flexibility index (Phi) is 8.31. The van der Waals surface area contributed by atoms with Crippen molar-refractivity contribution in [2.75, 3.05) is 26.8 Å². The first kappa shape index (κ1) is 27.3. The highest BCUT2D eigenvalue weighted by Gasteiger charge is 2.45. The lowest BCUT2D eigenvalue weighted by molar-refractivity contribution is -0.141. The van der Waals surface area contributed by atoms with E-state index in [4.69, 9.17) is 14.9 Å². The number of methoxy groups -OCH3 is 1. The van der Waals surface area contributed by atoms with Gasteiger partial charge in [0.1, 0.15) is 13.7 Å². The molecule has 1 unspecified atom stereocenters. The van der Waals surface area contributed by atoms with Gasteiger partial charge in [0.2, 0.25) is 5.91 Å². The Hall–Kier alpha value is -1.71. The van der Waals surface area contributed by atoms with Gasteiger partial charge in [0.25, 0.3) is 0 Å². The second-order valence-corrected chi connectivity index (χ2v) is 17.0. The third-order valence-corrected chi connectivity index (χ3v) is 9.97.